The molecule has 0 bridgehead atoms. The molecule has 0 aliphatic heterocycles. The number of aliphatic hydroxyl groups excluding tert-OH is 1. The maximum atomic E-state index is 9.48. The molecular formula is C12H16N2O2. The van der Waals surface area contributed by atoms with Crippen LogP contribution >= 0.6 is 0 Å². The highest BCUT2D eigenvalue weighted by atomic mass is 16.5. The highest BCUT2D eigenvalue weighted by molar-refractivity contribution is 5.55. The molecule has 0 saturated carbocycles. The van der Waals surface area contributed by atoms with E-state index < -0.39 is 6.10 Å². The molecule has 1 aromatic carbocycles. The molecule has 86 valence electrons. The van der Waals surface area contributed by atoms with Gasteiger partial charge < -0.3 is 15.2 Å². The number of hydrogen-bond donors (Lipinski definition) is 2. The topological polar surface area (TPSA) is 65.3 Å². The Morgan fingerprint density at radius 2 is 2.31 bits per heavy atom. The van der Waals surface area contributed by atoms with Crippen LogP contribution in [-0.2, 0) is 4.74 Å². The van der Waals surface area contributed by atoms with Gasteiger partial charge in [0.15, 0.2) is 0 Å². The van der Waals surface area contributed by atoms with E-state index in [1.807, 2.05) is 13.0 Å². The predicted molar refractivity (Wildman–Crippen MR) is 62.3 cm³/mol. The number of anilines is 1. The van der Waals surface area contributed by atoms with Crippen molar-refractivity contribution < 1.29 is 9.84 Å². The van der Waals surface area contributed by atoms with E-state index in [1.165, 1.54) is 0 Å². The van der Waals surface area contributed by atoms with Crippen molar-refractivity contribution in [3.05, 3.63) is 29.3 Å². The summed E-state index contributed by atoms with van der Waals surface area (Å²) in [6.07, 6.45) is -0.546. The predicted octanol–water partition coefficient (Wildman–Crippen LogP) is 1.29. The third-order valence-electron chi connectivity index (χ3n) is 2.25. The molecular weight excluding hydrogens is 204 g/mol. The maximum Gasteiger partial charge on any atom is 0.0992 e. The summed E-state index contributed by atoms with van der Waals surface area (Å²) in [5, 5.41) is 21.3. The van der Waals surface area contributed by atoms with E-state index in [-0.39, 0.29) is 0 Å². The number of methoxy groups -OCH3 is 1. The molecule has 0 aromatic heterocycles. The molecule has 4 nitrogen and oxygen atoms in total. The van der Waals surface area contributed by atoms with Crippen molar-refractivity contribution in [2.24, 2.45) is 0 Å². The molecule has 16 heavy (non-hydrogen) atoms. The lowest BCUT2D eigenvalue weighted by atomic mass is 10.1. The normalized spacial score (nSPS) is 11.9. The third kappa shape index (κ3) is 3.54. The first-order valence-corrected chi connectivity index (χ1v) is 5.09. The van der Waals surface area contributed by atoms with Crippen LogP contribution in [0.15, 0.2) is 18.2 Å². The third-order valence-corrected chi connectivity index (χ3v) is 2.25. The van der Waals surface area contributed by atoms with Crippen molar-refractivity contribution in [3.8, 4) is 6.07 Å². The summed E-state index contributed by atoms with van der Waals surface area (Å²) in [5.41, 5.74) is 2.52. The second kappa shape index (κ2) is 6.11. The lowest BCUT2D eigenvalue weighted by molar-refractivity contribution is 0.0727. The average Bonchev–Trinajstić information content (AvgIpc) is 2.28. The molecule has 1 atom stereocenters. The van der Waals surface area contributed by atoms with Crippen molar-refractivity contribution in [3.63, 3.8) is 0 Å². The standard InChI is InChI=1S/C12H16N2O2/c1-9-3-4-10(6-13)5-12(9)14-7-11(15)8-16-2/h3-5,11,14-15H,7-8H2,1-2H3. The lowest BCUT2D eigenvalue weighted by Crippen LogP contribution is -2.24. The zero-order chi connectivity index (χ0) is 12.0. The number of hydrogen-bond acceptors (Lipinski definition) is 4. The van der Waals surface area contributed by atoms with Crippen LogP contribution in [0.3, 0.4) is 0 Å². The van der Waals surface area contributed by atoms with E-state index in [2.05, 4.69) is 11.4 Å². The Bertz CT molecular complexity index is 385. The monoisotopic (exact) mass is 220 g/mol. The summed E-state index contributed by atoms with van der Waals surface area (Å²) < 4.78 is 4.82. The minimum absolute atomic E-state index is 0.296. The van der Waals surface area contributed by atoms with Gasteiger partial charge in [0.25, 0.3) is 0 Å². The molecule has 0 aliphatic carbocycles. The van der Waals surface area contributed by atoms with E-state index in [0.717, 1.165) is 11.3 Å². The summed E-state index contributed by atoms with van der Waals surface area (Å²) in [6.45, 7) is 2.65. The van der Waals surface area contributed by atoms with Crippen LogP contribution in [0.25, 0.3) is 0 Å². The van der Waals surface area contributed by atoms with Gasteiger partial charge in [-0.3, -0.25) is 0 Å². The smallest absolute Gasteiger partial charge is 0.0992 e. The summed E-state index contributed by atoms with van der Waals surface area (Å²) in [6, 6.07) is 7.50. The molecule has 0 amide bonds. The molecule has 1 aromatic rings. The number of aliphatic hydroxyl groups is 1. The lowest BCUT2D eigenvalue weighted by Gasteiger charge is -2.13. The number of benzene rings is 1. The van der Waals surface area contributed by atoms with Gasteiger partial charge in [0.05, 0.1) is 24.3 Å². The highest BCUT2D eigenvalue weighted by Crippen LogP contribution is 2.16. The number of aryl methyl sites for hydroxylation is 1. The van der Waals surface area contributed by atoms with Gasteiger partial charge in [0, 0.05) is 19.3 Å². The first kappa shape index (κ1) is 12.5. The first-order valence-electron chi connectivity index (χ1n) is 5.09. The van der Waals surface area contributed by atoms with E-state index >= 15 is 0 Å². The van der Waals surface area contributed by atoms with Crippen LogP contribution in [0.4, 0.5) is 5.69 Å². The molecule has 0 radical (unpaired) electrons. The molecule has 0 aliphatic rings. The fourth-order valence-corrected chi connectivity index (χ4v) is 1.36. The molecule has 4 heteroatoms. The van der Waals surface area contributed by atoms with Gasteiger partial charge in [-0.05, 0) is 24.6 Å². The van der Waals surface area contributed by atoms with Gasteiger partial charge in [0.2, 0.25) is 0 Å². The van der Waals surface area contributed by atoms with E-state index in [9.17, 15) is 5.11 Å². The Labute approximate surface area is 95.5 Å². The van der Waals surface area contributed by atoms with E-state index in [1.54, 1.807) is 19.2 Å². The zero-order valence-electron chi connectivity index (χ0n) is 9.53. The quantitative estimate of drug-likeness (QED) is 0.784. The Morgan fingerprint density at radius 1 is 1.56 bits per heavy atom. The molecule has 1 unspecified atom stereocenters. The van der Waals surface area contributed by atoms with Crippen LogP contribution < -0.4 is 5.32 Å². The van der Waals surface area contributed by atoms with Crippen molar-refractivity contribution in [1.29, 1.82) is 5.26 Å². The van der Waals surface area contributed by atoms with Crippen molar-refractivity contribution >= 4 is 5.69 Å². The number of nitrogens with zero attached hydrogens (tertiary/aromatic N) is 1. The van der Waals surface area contributed by atoms with Gasteiger partial charge in [-0.15, -0.1) is 0 Å². The first-order chi connectivity index (χ1) is 7.67. The molecule has 0 spiro atoms. The van der Waals surface area contributed by atoms with Crippen molar-refractivity contribution in [1.82, 2.24) is 0 Å². The minimum Gasteiger partial charge on any atom is -0.389 e. The van der Waals surface area contributed by atoms with Crippen LogP contribution in [0, 0.1) is 18.3 Å². The van der Waals surface area contributed by atoms with Crippen LogP contribution in [0.1, 0.15) is 11.1 Å². The van der Waals surface area contributed by atoms with Crippen molar-refractivity contribution in [2.45, 2.75) is 13.0 Å². The number of rotatable bonds is 5. The largest absolute Gasteiger partial charge is 0.389 e. The Kier molecular flexibility index (Phi) is 4.77. The number of nitriles is 1. The zero-order valence-corrected chi connectivity index (χ0v) is 9.53. The number of nitrogens with one attached hydrogen (secondary N) is 1. The second-order valence-electron chi connectivity index (χ2n) is 3.63. The minimum atomic E-state index is -0.546. The maximum absolute atomic E-state index is 9.48. The Balaban J connectivity index is 2.63. The molecule has 0 saturated heterocycles. The summed E-state index contributed by atoms with van der Waals surface area (Å²) in [5.74, 6) is 0. The SMILES string of the molecule is COCC(O)CNc1cc(C#N)ccc1C. The summed E-state index contributed by atoms with van der Waals surface area (Å²) in [7, 11) is 1.55. The Morgan fingerprint density at radius 3 is 2.94 bits per heavy atom. The van der Waals surface area contributed by atoms with Crippen LogP contribution in [0.5, 0.6) is 0 Å². The van der Waals surface area contributed by atoms with Gasteiger partial charge in [-0.2, -0.15) is 5.26 Å². The van der Waals surface area contributed by atoms with Gasteiger partial charge in [-0.25, -0.2) is 0 Å². The molecule has 0 fully saturated rings. The second-order valence-corrected chi connectivity index (χ2v) is 3.63. The van der Waals surface area contributed by atoms with Gasteiger partial charge >= 0.3 is 0 Å². The fraction of sp³-hybridized carbons (Fsp3) is 0.417. The molecule has 2 N–H and O–H groups in total. The number of ether oxygens (including phenoxy) is 1. The van der Waals surface area contributed by atoms with E-state index in [0.29, 0.717) is 18.7 Å². The highest BCUT2D eigenvalue weighted by Gasteiger charge is 2.05. The summed E-state index contributed by atoms with van der Waals surface area (Å²) >= 11 is 0. The average molecular weight is 220 g/mol. The van der Waals surface area contributed by atoms with Gasteiger partial charge in [0.1, 0.15) is 0 Å². The van der Waals surface area contributed by atoms with Crippen LogP contribution in [-0.4, -0.2) is 31.5 Å². The molecule has 0 heterocycles. The van der Waals surface area contributed by atoms with E-state index in [4.69, 9.17) is 10.00 Å². The van der Waals surface area contributed by atoms with Gasteiger partial charge in [-0.1, -0.05) is 6.07 Å². The summed E-state index contributed by atoms with van der Waals surface area (Å²) in [4.78, 5) is 0. The van der Waals surface area contributed by atoms with Crippen LogP contribution in [0.2, 0.25) is 0 Å². The fourth-order valence-electron chi connectivity index (χ4n) is 1.36. The Hall–Kier alpha value is -1.57. The molecule has 1 rings (SSSR count). The van der Waals surface area contributed by atoms with Crippen molar-refractivity contribution in [2.75, 3.05) is 25.6 Å².